The van der Waals surface area contributed by atoms with Gasteiger partial charge in [0.15, 0.2) is 5.76 Å². The lowest BCUT2D eigenvalue weighted by molar-refractivity contribution is -0.0396. The van der Waals surface area contributed by atoms with E-state index in [0.29, 0.717) is 30.5 Å². The van der Waals surface area contributed by atoms with Gasteiger partial charge < -0.3 is 23.9 Å². The second-order valence-corrected chi connectivity index (χ2v) is 9.42. The van der Waals surface area contributed by atoms with Gasteiger partial charge in [0.1, 0.15) is 11.3 Å². The predicted molar refractivity (Wildman–Crippen MR) is 118 cm³/mol. The monoisotopic (exact) mass is 437 g/mol. The van der Waals surface area contributed by atoms with Gasteiger partial charge in [-0.15, -0.1) is 0 Å². The molecule has 0 saturated carbocycles. The second kappa shape index (κ2) is 6.65. The Bertz CT molecular complexity index is 1170. The molecular formula is C24H24ClN3O3. The minimum absolute atomic E-state index is 0.0381. The zero-order chi connectivity index (χ0) is 21.2. The Morgan fingerprint density at radius 3 is 2.77 bits per heavy atom. The third kappa shape index (κ3) is 2.92. The number of benzene rings is 1. The van der Waals surface area contributed by atoms with Crippen molar-refractivity contribution in [3.05, 3.63) is 70.9 Å². The molecule has 1 atom stereocenters. The second-order valence-electron chi connectivity index (χ2n) is 8.98. The number of fused-ring (bicyclic) bond motifs is 4. The number of amides is 1. The highest BCUT2D eigenvalue weighted by molar-refractivity contribution is 6.31. The number of rotatable bonds is 1. The van der Waals surface area contributed by atoms with Gasteiger partial charge in [-0.1, -0.05) is 11.6 Å². The third-order valence-electron chi connectivity index (χ3n) is 6.99. The van der Waals surface area contributed by atoms with Crippen molar-refractivity contribution in [2.45, 2.75) is 37.3 Å². The van der Waals surface area contributed by atoms with Gasteiger partial charge in [0.05, 0.1) is 29.3 Å². The molecule has 6 nitrogen and oxygen atoms in total. The zero-order valence-electron chi connectivity index (χ0n) is 17.4. The first kappa shape index (κ1) is 19.0. The summed E-state index contributed by atoms with van der Waals surface area (Å²) in [6.07, 6.45) is 4.58. The van der Waals surface area contributed by atoms with Gasteiger partial charge in [0.25, 0.3) is 5.91 Å². The van der Waals surface area contributed by atoms with Gasteiger partial charge in [0, 0.05) is 30.7 Å². The number of aromatic nitrogens is 1. The number of hydrogen-bond donors (Lipinski definition) is 1. The average molecular weight is 438 g/mol. The van der Waals surface area contributed by atoms with Crippen molar-refractivity contribution in [3.8, 4) is 5.69 Å². The standard InChI is InChI=1S/C24H24ClN3O3/c1-16-4-7-20(31-16)22(29)27-11-8-23(9-12-27)14-24(15-30-23)21-3-2-10-28(21)19-6-5-17(25)13-18(19)26-24/h2-7,10,13,26H,8-9,11-12,14-15H2,1H3/t24-/m1/s1. The molecule has 3 aliphatic rings. The van der Waals surface area contributed by atoms with E-state index in [-0.39, 0.29) is 17.0 Å². The highest BCUT2D eigenvalue weighted by atomic mass is 35.5. The van der Waals surface area contributed by atoms with Crippen molar-refractivity contribution in [1.82, 2.24) is 9.47 Å². The van der Waals surface area contributed by atoms with Crippen molar-refractivity contribution in [2.75, 3.05) is 25.0 Å². The van der Waals surface area contributed by atoms with Crippen LogP contribution in [0.1, 0.15) is 41.3 Å². The van der Waals surface area contributed by atoms with E-state index in [4.69, 9.17) is 20.8 Å². The van der Waals surface area contributed by atoms with E-state index in [9.17, 15) is 4.79 Å². The summed E-state index contributed by atoms with van der Waals surface area (Å²) in [6.45, 7) is 3.77. The van der Waals surface area contributed by atoms with Crippen LogP contribution in [0.4, 0.5) is 5.69 Å². The van der Waals surface area contributed by atoms with Crippen molar-refractivity contribution < 1.29 is 13.9 Å². The summed E-state index contributed by atoms with van der Waals surface area (Å²) in [5.41, 5.74) is 2.80. The fourth-order valence-electron chi connectivity index (χ4n) is 5.44. The fourth-order valence-corrected chi connectivity index (χ4v) is 5.61. The molecule has 5 heterocycles. The van der Waals surface area contributed by atoms with Gasteiger partial charge >= 0.3 is 0 Å². The molecule has 0 radical (unpaired) electrons. The summed E-state index contributed by atoms with van der Waals surface area (Å²) in [6, 6.07) is 13.8. The molecule has 2 saturated heterocycles. The van der Waals surface area contributed by atoms with Crippen molar-refractivity contribution in [2.24, 2.45) is 0 Å². The Morgan fingerprint density at radius 1 is 1.16 bits per heavy atom. The van der Waals surface area contributed by atoms with Crippen LogP contribution < -0.4 is 5.32 Å². The summed E-state index contributed by atoms with van der Waals surface area (Å²) in [7, 11) is 0. The SMILES string of the molecule is Cc1ccc(C(=O)N2CCC3(CC2)C[C@]2(CO3)Nc3cc(Cl)ccc3-n3cccc32)o1. The summed E-state index contributed by atoms with van der Waals surface area (Å²) in [5, 5.41) is 4.48. The van der Waals surface area contributed by atoms with E-state index < -0.39 is 0 Å². The van der Waals surface area contributed by atoms with Gasteiger partial charge in [-0.25, -0.2) is 0 Å². The molecule has 1 aromatic carbocycles. The Morgan fingerprint density at radius 2 is 2.00 bits per heavy atom. The molecule has 0 unspecified atom stereocenters. The van der Waals surface area contributed by atoms with Crippen LogP contribution in [0.5, 0.6) is 0 Å². The molecule has 6 rings (SSSR count). The molecule has 31 heavy (non-hydrogen) atoms. The number of likely N-dealkylation sites (tertiary alicyclic amines) is 1. The molecule has 3 aromatic rings. The maximum atomic E-state index is 12.8. The summed E-state index contributed by atoms with van der Waals surface area (Å²) >= 11 is 6.29. The smallest absolute Gasteiger partial charge is 0.289 e. The number of halogens is 1. The summed E-state index contributed by atoms with van der Waals surface area (Å²) in [5.74, 6) is 1.13. The first-order valence-electron chi connectivity index (χ1n) is 10.7. The molecule has 0 aliphatic carbocycles. The number of nitrogens with one attached hydrogen (secondary N) is 1. The Balaban J connectivity index is 1.24. The Kier molecular flexibility index (Phi) is 4.08. The lowest BCUT2D eigenvalue weighted by Crippen LogP contribution is -2.48. The van der Waals surface area contributed by atoms with Crippen LogP contribution in [-0.2, 0) is 10.3 Å². The van der Waals surface area contributed by atoms with Crippen LogP contribution in [-0.4, -0.2) is 40.7 Å². The Hall–Kier alpha value is -2.70. The highest BCUT2D eigenvalue weighted by Gasteiger charge is 2.54. The number of aryl methyl sites for hydroxylation is 1. The van der Waals surface area contributed by atoms with E-state index in [1.807, 2.05) is 36.1 Å². The van der Waals surface area contributed by atoms with Crippen LogP contribution in [0, 0.1) is 6.92 Å². The number of carbonyl (C=O) groups excluding carboxylic acids is 1. The van der Waals surface area contributed by atoms with Crippen LogP contribution in [0.2, 0.25) is 5.02 Å². The quantitative estimate of drug-likeness (QED) is 0.597. The average Bonchev–Trinajstić information content (AvgIpc) is 3.49. The largest absolute Gasteiger partial charge is 0.456 e. The number of ether oxygens (including phenoxy) is 1. The molecule has 0 bridgehead atoms. The molecule has 7 heteroatoms. The maximum absolute atomic E-state index is 12.8. The van der Waals surface area contributed by atoms with Crippen LogP contribution in [0.25, 0.3) is 5.69 Å². The minimum atomic E-state index is -0.300. The summed E-state index contributed by atoms with van der Waals surface area (Å²) < 4.78 is 14.3. The van der Waals surface area contributed by atoms with E-state index in [1.54, 1.807) is 6.07 Å². The minimum Gasteiger partial charge on any atom is -0.456 e. The van der Waals surface area contributed by atoms with Crippen LogP contribution in [0.3, 0.4) is 0 Å². The first-order chi connectivity index (χ1) is 15.0. The van der Waals surface area contributed by atoms with Crippen LogP contribution >= 0.6 is 11.6 Å². The normalized spacial score (nSPS) is 23.6. The molecule has 3 aliphatic heterocycles. The van der Waals surface area contributed by atoms with Gasteiger partial charge in [-0.3, -0.25) is 4.79 Å². The maximum Gasteiger partial charge on any atom is 0.289 e. The molecule has 160 valence electrons. The van der Waals surface area contributed by atoms with E-state index in [0.717, 1.165) is 36.4 Å². The molecule has 2 spiro atoms. The highest BCUT2D eigenvalue weighted by Crippen LogP contribution is 2.50. The number of furan rings is 1. The lowest BCUT2D eigenvalue weighted by atomic mass is 9.79. The molecular weight excluding hydrogens is 414 g/mol. The van der Waals surface area contributed by atoms with Gasteiger partial charge in [0.2, 0.25) is 0 Å². The first-order valence-corrected chi connectivity index (χ1v) is 11.1. The number of carbonyl (C=O) groups is 1. The number of nitrogens with zero attached hydrogens (tertiary/aromatic N) is 2. The van der Waals surface area contributed by atoms with Gasteiger partial charge in [-0.05, 0) is 62.2 Å². The molecule has 1 N–H and O–H groups in total. The van der Waals surface area contributed by atoms with Crippen molar-refractivity contribution >= 4 is 23.2 Å². The number of piperidine rings is 1. The topological polar surface area (TPSA) is 59.6 Å². The van der Waals surface area contributed by atoms with Crippen molar-refractivity contribution in [3.63, 3.8) is 0 Å². The number of anilines is 1. The fraction of sp³-hybridized carbons (Fsp3) is 0.375. The van der Waals surface area contributed by atoms with E-state index >= 15 is 0 Å². The third-order valence-corrected chi connectivity index (χ3v) is 7.23. The predicted octanol–water partition coefficient (Wildman–Crippen LogP) is 4.75. The Labute approximate surface area is 185 Å². The molecule has 2 fully saturated rings. The molecule has 1 amide bonds. The molecule has 2 aromatic heterocycles. The lowest BCUT2D eigenvalue weighted by Gasteiger charge is -2.41. The van der Waals surface area contributed by atoms with Gasteiger partial charge in [-0.2, -0.15) is 0 Å². The van der Waals surface area contributed by atoms with E-state index in [2.05, 4.69) is 28.2 Å². The van der Waals surface area contributed by atoms with Crippen LogP contribution in [0.15, 0.2) is 53.1 Å². The summed E-state index contributed by atoms with van der Waals surface area (Å²) in [4.78, 5) is 14.7. The zero-order valence-corrected chi connectivity index (χ0v) is 18.1. The van der Waals surface area contributed by atoms with Crippen molar-refractivity contribution in [1.29, 1.82) is 0 Å². The van der Waals surface area contributed by atoms with E-state index in [1.165, 1.54) is 5.69 Å². The number of hydrogen-bond acceptors (Lipinski definition) is 4.